The van der Waals surface area contributed by atoms with Gasteiger partial charge in [0.1, 0.15) is 0 Å². The zero-order valence-electron chi connectivity index (χ0n) is 11.8. The number of carbonyl (C=O) groups is 1. The molecule has 3 rings (SSSR count). The van der Waals surface area contributed by atoms with E-state index in [2.05, 4.69) is 10.6 Å². The van der Waals surface area contributed by atoms with Crippen LogP contribution in [0.25, 0.3) is 0 Å². The van der Waals surface area contributed by atoms with Gasteiger partial charge in [0, 0.05) is 11.4 Å². The van der Waals surface area contributed by atoms with Crippen molar-refractivity contribution in [3.63, 3.8) is 0 Å². The fourth-order valence-corrected chi connectivity index (χ4v) is 2.83. The fraction of sp³-hybridized carbons (Fsp3) is 0.235. The molecule has 1 atom stereocenters. The molecule has 0 radical (unpaired) electrons. The zero-order valence-corrected chi connectivity index (χ0v) is 11.8. The van der Waals surface area contributed by atoms with E-state index in [1.807, 2.05) is 48.5 Å². The lowest BCUT2D eigenvalue weighted by Gasteiger charge is -2.26. The smallest absolute Gasteiger partial charge is 0.319 e. The number of nitrogens with two attached hydrogens (primary N) is 1. The lowest BCUT2D eigenvalue weighted by Crippen LogP contribution is -2.34. The maximum atomic E-state index is 12.1. The zero-order chi connectivity index (χ0) is 14.7. The number of rotatable bonds is 2. The van der Waals surface area contributed by atoms with E-state index in [-0.39, 0.29) is 12.1 Å². The van der Waals surface area contributed by atoms with Gasteiger partial charge in [0.05, 0.1) is 6.04 Å². The Morgan fingerprint density at radius 3 is 2.76 bits per heavy atom. The van der Waals surface area contributed by atoms with Crippen LogP contribution in [0.5, 0.6) is 0 Å². The highest BCUT2D eigenvalue weighted by Crippen LogP contribution is 2.30. The molecule has 4 nitrogen and oxygen atoms in total. The van der Waals surface area contributed by atoms with Crippen molar-refractivity contribution < 1.29 is 4.79 Å². The molecule has 4 heteroatoms. The van der Waals surface area contributed by atoms with Crippen LogP contribution in [0.4, 0.5) is 16.2 Å². The summed E-state index contributed by atoms with van der Waals surface area (Å²) in [5.74, 6) is 0. The summed E-state index contributed by atoms with van der Waals surface area (Å²) in [7, 11) is 0. The average molecular weight is 281 g/mol. The minimum Gasteiger partial charge on any atom is -0.399 e. The number of para-hydroxylation sites is 1. The molecule has 2 aromatic rings. The van der Waals surface area contributed by atoms with Gasteiger partial charge in [0.15, 0.2) is 0 Å². The molecular weight excluding hydrogens is 262 g/mol. The summed E-state index contributed by atoms with van der Waals surface area (Å²) >= 11 is 0. The predicted octanol–water partition coefficient (Wildman–Crippen LogP) is 3.47. The van der Waals surface area contributed by atoms with Gasteiger partial charge < -0.3 is 16.4 Å². The normalized spacial score (nSPS) is 16.9. The summed E-state index contributed by atoms with van der Waals surface area (Å²) in [6.07, 6.45) is 3.05. The number of urea groups is 1. The highest BCUT2D eigenvalue weighted by atomic mass is 16.2. The summed E-state index contributed by atoms with van der Waals surface area (Å²) in [5.41, 5.74) is 9.83. The highest BCUT2D eigenvalue weighted by molar-refractivity contribution is 5.89. The largest absolute Gasteiger partial charge is 0.399 e. The molecule has 4 N–H and O–H groups in total. The molecule has 1 unspecified atom stereocenters. The van der Waals surface area contributed by atoms with Crippen LogP contribution in [-0.2, 0) is 6.42 Å². The van der Waals surface area contributed by atoms with Crippen molar-refractivity contribution in [2.75, 3.05) is 11.1 Å². The van der Waals surface area contributed by atoms with Crippen molar-refractivity contribution >= 4 is 17.4 Å². The molecular formula is C17H19N3O. The first kappa shape index (κ1) is 13.5. The maximum absolute atomic E-state index is 12.1. The van der Waals surface area contributed by atoms with E-state index in [9.17, 15) is 4.79 Å². The number of aryl methyl sites for hydroxylation is 1. The van der Waals surface area contributed by atoms with Crippen molar-refractivity contribution in [3.8, 4) is 0 Å². The second-order valence-corrected chi connectivity index (χ2v) is 5.37. The van der Waals surface area contributed by atoms with Crippen LogP contribution in [0.3, 0.4) is 0 Å². The minimum atomic E-state index is -0.170. The van der Waals surface area contributed by atoms with Crippen LogP contribution >= 0.6 is 0 Å². The molecule has 0 heterocycles. The monoisotopic (exact) mass is 281 g/mol. The first-order valence-corrected chi connectivity index (χ1v) is 7.23. The molecule has 0 fully saturated rings. The van der Waals surface area contributed by atoms with Gasteiger partial charge in [-0.2, -0.15) is 0 Å². The number of carbonyl (C=O) groups excluding carboxylic acids is 1. The maximum Gasteiger partial charge on any atom is 0.319 e. The predicted molar refractivity (Wildman–Crippen MR) is 85.1 cm³/mol. The number of hydrogen-bond acceptors (Lipinski definition) is 2. The molecule has 0 aliphatic heterocycles. The summed E-state index contributed by atoms with van der Waals surface area (Å²) in [4.78, 5) is 12.1. The number of hydrogen-bond donors (Lipinski definition) is 3. The van der Waals surface area contributed by atoms with Gasteiger partial charge in [-0.05, 0) is 54.7 Å². The quantitative estimate of drug-likeness (QED) is 0.738. The number of nitrogens with one attached hydrogen (secondary N) is 2. The average Bonchev–Trinajstić information content (AvgIpc) is 2.48. The van der Waals surface area contributed by atoms with Crippen molar-refractivity contribution in [2.24, 2.45) is 0 Å². The van der Waals surface area contributed by atoms with Gasteiger partial charge in [-0.3, -0.25) is 0 Å². The number of amides is 2. The summed E-state index contributed by atoms with van der Waals surface area (Å²) in [6, 6.07) is 15.3. The second kappa shape index (κ2) is 5.87. The van der Waals surface area contributed by atoms with Crippen LogP contribution in [0.1, 0.15) is 30.0 Å². The van der Waals surface area contributed by atoms with Crippen molar-refractivity contribution in [1.29, 1.82) is 0 Å². The SMILES string of the molecule is Nc1ccc2c(c1)CCCC2NC(=O)Nc1ccccc1. The molecule has 0 aromatic heterocycles. The second-order valence-electron chi connectivity index (χ2n) is 5.37. The molecule has 1 aliphatic rings. The van der Waals surface area contributed by atoms with Crippen molar-refractivity contribution in [2.45, 2.75) is 25.3 Å². The van der Waals surface area contributed by atoms with E-state index < -0.39 is 0 Å². The molecule has 0 spiro atoms. The molecule has 0 saturated heterocycles. The molecule has 21 heavy (non-hydrogen) atoms. The van der Waals surface area contributed by atoms with E-state index >= 15 is 0 Å². The molecule has 1 aliphatic carbocycles. The van der Waals surface area contributed by atoms with Crippen molar-refractivity contribution in [1.82, 2.24) is 5.32 Å². The first-order chi connectivity index (χ1) is 10.2. The van der Waals surface area contributed by atoms with Gasteiger partial charge >= 0.3 is 6.03 Å². The molecule has 2 amide bonds. The highest BCUT2D eigenvalue weighted by Gasteiger charge is 2.21. The Hall–Kier alpha value is -2.49. The first-order valence-electron chi connectivity index (χ1n) is 7.23. The Morgan fingerprint density at radius 1 is 1.14 bits per heavy atom. The topological polar surface area (TPSA) is 67.1 Å². The number of fused-ring (bicyclic) bond motifs is 1. The Balaban J connectivity index is 1.70. The summed E-state index contributed by atoms with van der Waals surface area (Å²) in [6.45, 7) is 0. The van der Waals surface area contributed by atoms with E-state index in [0.717, 1.165) is 30.6 Å². The van der Waals surface area contributed by atoms with Gasteiger partial charge in [0.25, 0.3) is 0 Å². The molecule has 0 saturated carbocycles. The number of nitrogen functional groups attached to an aromatic ring is 1. The molecule has 108 valence electrons. The molecule has 0 bridgehead atoms. The third-order valence-corrected chi connectivity index (χ3v) is 3.82. The Bertz CT molecular complexity index is 640. The van der Waals surface area contributed by atoms with Crippen LogP contribution in [0.15, 0.2) is 48.5 Å². The minimum absolute atomic E-state index is 0.0538. The molecule has 2 aromatic carbocycles. The van der Waals surface area contributed by atoms with E-state index in [1.54, 1.807) is 0 Å². The summed E-state index contributed by atoms with van der Waals surface area (Å²) in [5, 5.41) is 5.91. The van der Waals surface area contributed by atoms with Gasteiger partial charge in [-0.15, -0.1) is 0 Å². The summed E-state index contributed by atoms with van der Waals surface area (Å²) < 4.78 is 0. The lowest BCUT2D eigenvalue weighted by molar-refractivity contribution is 0.247. The van der Waals surface area contributed by atoms with Crippen molar-refractivity contribution in [3.05, 3.63) is 59.7 Å². The van der Waals surface area contributed by atoms with Gasteiger partial charge in [0.2, 0.25) is 0 Å². The van der Waals surface area contributed by atoms with E-state index in [0.29, 0.717) is 0 Å². The van der Waals surface area contributed by atoms with Gasteiger partial charge in [-0.25, -0.2) is 4.79 Å². The standard InChI is InChI=1S/C17H19N3O/c18-13-9-10-15-12(11-13)5-4-8-16(15)20-17(21)19-14-6-2-1-3-7-14/h1-3,6-7,9-11,16H,4-5,8,18H2,(H2,19,20,21). The van der Waals surface area contributed by atoms with Crippen LogP contribution in [-0.4, -0.2) is 6.03 Å². The van der Waals surface area contributed by atoms with E-state index in [1.165, 1.54) is 11.1 Å². The lowest BCUT2D eigenvalue weighted by atomic mass is 9.87. The number of anilines is 2. The third-order valence-electron chi connectivity index (χ3n) is 3.82. The van der Waals surface area contributed by atoms with Crippen LogP contribution < -0.4 is 16.4 Å². The van der Waals surface area contributed by atoms with Crippen LogP contribution in [0, 0.1) is 0 Å². The Labute approximate surface area is 124 Å². The van der Waals surface area contributed by atoms with Crippen LogP contribution in [0.2, 0.25) is 0 Å². The Kier molecular flexibility index (Phi) is 3.77. The number of benzene rings is 2. The third kappa shape index (κ3) is 3.16. The Morgan fingerprint density at radius 2 is 1.95 bits per heavy atom. The fourth-order valence-electron chi connectivity index (χ4n) is 2.83. The van der Waals surface area contributed by atoms with Gasteiger partial charge in [-0.1, -0.05) is 24.3 Å². The van der Waals surface area contributed by atoms with E-state index in [4.69, 9.17) is 5.73 Å².